The molecule has 4 rings (SSSR count). The molecule has 4 heteroatoms. The largest absolute Gasteiger partial charge is 0.391 e. The number of alkyl halides is 3. The molecular formula is C22H33F3O. The van der Waals surface area contributed by atoms with E-state index in [4.69, 9.17) is 0 Å². The lowest BCUT2D eigenvalue weighted by molar-refractivity contribution is -0.196. The molecule has 148 valence electrons. The van der Waals surface area contributed by atoms with Gasteiger partial charge in [0.25, 0.3) is 0 Å². The standard InChI is InChI=1S/C22H33F3O/c1-12-10-19(13(2)26)21(3)9-8-17-16-7-5-15(22(23,24)25)11-14(16)4-6-18(17)20(12)21/h12,14-20H,4-11H2,1-3H3/t12?,14?,15?,16-,17?,18?,19?,20?,21?/m0/s1. The van der Waals surface area contributed by atoms with Crippen LogP contribution in [0.2, 0.25) is 0 Å². The van der Waals surface area contributed by atoms with Gasteiger partial charge in [-0.3, -0.25) is 4.79 Å². The number of ketones is 1. The maximum Gasteiger partial charge on any atom is 0.391 e. The van der Waals surface area contributed by atoms with Gasteiger partial charge in [0.1, 0.15) is 5.78 Å². The predicted octanol–water partition coefficient (Wildman–Crippen LogP) is 6.27. The van der Waals surface area contributed by atoms with Gasteiger partial charge in [-0.05, 0) is 99.2 Å². The van der Waals surface area contributed by atoms with E-state index in [9.17, 15) is 18.0 Å². The van der Waals surface area contributed by atoms with E-state index in [1.807, 2.05) is 0 Å². The molecule has 0 amide bonds. The van der Waals surface area contributed by atoms with Crippen LogP contribution in [0.5, 0.6) is 0 Å². The molecule has 0 aromatic rings. The average Bonchev–Trinajstić information content (AvgIpc) is 2.84. The van der Waals surface area contributed by atoms with Crippen LogP contribution in [0.15, 0.2) is 0 Å². The Balaban J connectivity index is 1.54. The number of hydrogen-bond donors (Lipinski definition) is 0. The zero-order chi connectivity index (χ0) is 18.9. The Bertz CT molecular complexity index is 570. The van der Waals surface area contributed by atoms with Crippen molar-refractivity contribution in [1.82, 2.24) is 0 Å². The smallest absolute Gasteiger partial charge is 0.300 e. The highest BCUT2D eigenvalue weighted by molar-refractivity contribution is 5.79. The highest BCUT2D eigenvalue weighted by atomic mass is 19.4. The second-order valence-electron chi connectivity index (χ2n) is 10.3. The van der Waals surface area contributed by atoms with Gasteiger partial charge in [-0.15, -0.1) is 0 Å². The van der Waals surface area contributed by atoms with Crippen molar-refractivity contribution in [3.05, 3.63) is 0 Å². The minimum absolute atomic E-state index is 0.127. The van der Waals surface area contributed by atoms with E-state index in [0.717, 1.165) is 38.5 Å². The van der Waals surface area contributed by atoms with Gasteiger partial charge in [0.05, 0.1) is 5.92 Å². The Kier molecular flexibility index (Phi) is 4.51. The third-order valence-electron chi connectivity index (χ3n) is 9.22. The van der Waals surface area contributed by atoms with Crippen LogP contribution in [-0.4, -0.2) is 12.0 Å². The van der Waals surface area contributed by atoms with E-state index >= 15 is 0 Å². The van der Waals surface area contributed by atoms with Crippen LogP contribution in [-0.2, 0) is 4.79 Å². The molecule has 4 fully saturated rings. The lowest BCUT2D eigenvalue weighted by atomic mass is 9.48. The molecule has 0 aliphatic heterocycles. The van der Waals surface area contributed by atoms with Gasteiger partial charge >= 0.3 is 6.18 Å². The second-order valence-corrected chi connectivity index (χ2v) is 10.3. The van der Waals surface area contributed by atoms with Crippen molar-refractivity contribution in [2.45, 2.75) is 78.3 Å². The molecule has 0 aromatic carbocycles. The fourth-order valence-electron chi connectivity index (χ4n) is 8.32. The second kappa shape index (κ2) is 6.24. The summed E-state index contributed by atoms with van der Waals surface area (Å²) in [5.41, 5.74) is 0.127. The van der Waals surface area contributed by atoms with Crippen molar-refractivity contribution in [3.8, 4) is 0 Å². The summed E-state index contributed by atoms with van der Waals surface area (Å²) in [7, 11) is 0. The third kappa shape index (κ3) is 2.76. The fraction of sp³-hybridized carbons (Fsp3) is 0.955. The summed E-state index contributed by atoms with van der Waals surface area (Å²) in [4.78, 5) is 12.3. The molecule has 1 nitrogen and oxygen atoms in total. The van der Waals surface area contributed by atoms with Crippen molar-refractivity contribution in [2.75, 3.05) is 0 Å². The number of carbonyl (C=O) groups excluding carboxylic acids is 1. The summed E-state index contributed by atoms with van der Waals surface area (Å²) in [6.07, 6.45) is 2.77. The first-order valence-corrected chi connectivity index (χ1v) is 10.7. The average molecular weight is 370 g/mol. The van der Waals surface area contributed by atoms with Crippen molar-refractivity contribution < 1.29 is 18.0 Å². The number of fused-ring (bicyclic) bond motifs is 5. The summed E-state index contributed by atoms with van der Waals surface area (Å²) < 4.78 is 39.6. The molecule has 0 spiro atoms. The quantitative estimate of drug-likeness (QED) is 0.532. The Hall–Kier alpha value is -0.540. The Morgan fingerprint density at radius 3 is 2.31 bits per heavy atom. The molecule has 26 heavy (non-hydrogen) atoms. The minimum Gasteiger partial charge on any atom is -0.300 e. The summed E-state index contributed by atoms with van der Waals surface area (Å²) in [6.45, 7) is 6.42. The monoisotopic (exact) mass is 370 g/mol. The lowest BCUT2D eigenvalue weighted by Crippen LogP contribution is -2.50. The highest BCUT2D eigenvalue weighted by Gasteiger charge is 2.60. The molecular weight excluding hydrogens is 337 g/mol. The minimum atomic E-state index is -4.01. The van der Waals surface area contributed by atoms with Crippen LogP contribution >= 0.6 is 0 Å². The van der Waals surface area contributed by atoms with Crippen LogP contribution in [0, 0.1) is 52.8 Å². The van der Waals surface area contributed by atoms with Gasteiger partial charge in [0.15, 0.2) is 0 Å². The van der Waals surface area contributed by atoms with Gasteiger partial charge in [-0.1, -0.05) is 13.8 Å². The van der Waals surface area contributed by atoms with Gasteiger partial charge < -0.3 is 0 Å². The molecule has 9 atom stereocenters. The van der Waals surface area contributed by atoms with E-state index in [1.165, 1.54) is 0 Å². The van der Waals surface area contributed by atoms with E-state index in [0.29, 0.717) is 48.2 Å². The summed E-state index contributed by atoms with van der Waals surface area (Å²) in [6, 6.07) is 0. The Morgan fingerprint density at radius 1 is 0.962 bits per heavy atom. The highest BCUT2D eigenvalue weighted by Crippen LogP contribution is 2.66. The molecule has 8 unspecified atom stereocenters. The normalized spacial score (nSPS) is 51.3. The molecule has 0 aromatic heterocycles. The van der Waals surface area contributed by atoms with E-state index in [2.05, 4.69) is 13.8 Å². The van der Waals surface area contributed by atoms with Crippen molar-refractivity contribution in [1.29, 1.82) is 0 Å². The first-order valence-electron chi connectivity index (χ1n) is 10.7. The molecule has 0 radical (unpaired) electrons. The van der Waals surface area contributed by atoms with Crippen LogP contribution in [0.1, 0.15) is 72.1 Å². The molecule has 0 N–H and O–H groups in total. The SMILES string of the molecule is CC(=O)C1CC(C)C2C3CCC4CC(C(F)(F)F)CC[C@@H]4C3CCC12C. The van der Waals surface area contributed by atoms with Gasteiger partial charge in [-0.2, -0.15) is 13.2 Å². The van der Waals surface area contributed by atoms with Crippen LogP contribution in [0.3, 0.4) is 0 Å². The van der Waals surface area contributed by atoms with E-state index in [-0.39, 0.29) is 17.3 Å². The van der Waals surface area contributed by atoms with Gasteiger partial charge in [-0.25, -0.2) is 0 Å². The lowest BCUT2D eigenvalue weighted by Gasteiger charge is -2.57. The maximum absolute atomic E-state index is 13.2. The van der Waals surface area contributed by atoms with Crippen LogP contribution in [0.4, 0.5) is 13.2 Å². The van der Waals surface area contributed by atoms with Gasteiger partial charge in [0.2, 0.25) is 0 Å². The fourth-order valence-corrected chi connectivity index (χ4v) is 8.32. The third-order valence-corrected chi connectivity index (χ3v) is 9.22. The number of Topliss-reactive ketones (excluding diaryl/α,β-unsaturated/α-hetero) is 1. The number of halogens is 3. The van der Waals surface area contributed by atoms with Gasteiger partial charge in [0, 0.05) is 5.92 Å². The van der Waals surface area contributed by atoms with Crippen molar-refractivity contribution >= 4 is 5.78 Å². The summed E-state index contributed by atoms with van der Waals surface area (Å²) in [5, 5.41) is 0. The van der Waals surface area contributed by atoms with Crippen molar-refractivity contribution in [3.63, 3.8) is 0 Å². The molecule has 4 aliphatic carbocycles. The first kappa shape index (κ1) is 18.8. The maximum atomic E-state index is 13.2. The molecule has 0 saturated heterocycles. The summed E-state index contributed by atoms with van der Waals surface area (Å²) in [5.74, 6) is 2.66. The topological polar surface area (TPSA) is 17.1 Å². The molecule has 0 bridgehead atoms. The number of hydrogen-bond acceptors (Lipinski definition) is 1. The Labute approximate surface area is 155 Å². The Morgan fingerprint density at radius 2 is 1.65 bits per heavy atom. The van der Waals surface area contributed by atoms with Crippen LogP contribution in [0.25, 0.3) is 0 Å². The van der Waals surface area contributed by atoms with Crippen LogP contribution < -0.4 is 0 Å². The predicted molar refractivity (Wildman–Crippen MR) is 95.4 cm³/mol. The first-order chi connectivity index (χ1) is 12.1. The number of rotatable bonds is 1. The van der Waals surface area contributed by atoms with Crippen molar-refractivity contribution in [2.24, 2.45) is 52.8 Å². The van der Waals surface area contributed by atoms with E-state index < -0.39 is 12.1 Å². The number of carbonyl (C=O) groups is 1. The zero-order valence-corrected chi connectivity index (χ0v) is 16.3. The molecule has 4 saturated carbocycles. The summed E-state index contributed by atoms with van der Waals surface area (Å²) >= 11 is 0. The zero-order valence-electron chi connectivity index (χ0n) is 16.3. The molecule has 0 heterocycles. The van der Waals surface area contributed by atoms with E-state index in [1.54, 1.807) is 6.92 Å². The molecule has 4 aliphatic rings.